The number of hydrogen-bond donors (Lipinski definition) is 0. The van der Waals surface area contributed by atoms with Crippen LogP contribution in [0.4, 0.5) is 0 Å². The summed E-state index contributed by atoms with van der Waals surface area (Å²) in [4.78, 5) is 26.1. The third kappa shape index (κ3) is 3.64. The third-order valence-electron chi connectivity index (χ3n) is 4.19. The predicted molar refractivity (Wildman–Crippen MR) is 88.2 cm³/mol. The zero-order valence-electron chi connectivity index (χ0n) is 13.9. The molecule has 126 valence electrons. The highest BCUT2D eigenvalue weighted by molar-refractivity contribution is 5.90. The fraction of sp³-hybridized carbons (Fsp3) is 0.389. The van der Waals surface area contributed by atoms with Crippen LogP contribution >= 0.6 is 0 Å². The SMILES string of the molecule is Cc1nn(C)cc1C(=O)OC[C@H]1CC(=O)N(Cc2ccccc2)C1. The molecule has 0 radical (unpaired) electrons. The van der Waals surface area contributed by atoms with Crippen molar-refractivity contribution >= 4 is 11.9 Å². The van der Waals surface area contributed by atoms with Crippen molar-refractivity contribution in [3.8, 4) is 0 Å². The van der Waals surface area contributed by atoms with Crippen LogP contribution < -0.4 is 0 Å². The molecule has 1 saturated heterocycles. The fourth-order valence-electron chi connectivity index (χ4n) is 2.99. The van der Waals surface area contributed by atoms with E-state index in [4.69, 9.17) is 4.74 Å². The largest absolute Gasteiger partial charge is 0.462 e. The topological polar surface area (TPSA) is 64.4 Å². The molecule has 0 aliphatic carbocycles. The summed E-state index contributed by atoms with van der Waals surface area (Å²) >= 11 is 0. The van der Waals surface area contributed by atoms with Crippen LogP contribution in [-0.2, 0) is 23.1 Å². The molecule has 1 aliphatic heterocycles. The van der Waals surface area contributed by atoms with Gasteiger partial charge in [0.1, 0.15) is 5.56 Å². The number of aromatic nitrogens is 2. The summed E-state index contributed by atoms with van der Waals surface area (Å²) < 4.78 is 6.97. The van der Waals surface area contributed by atoms with Gasteiger partial charge in [0.25, 0.3) is 0 Å². The number of hydrogen-bond acceptors (Lipinski definition) is 4. The number of aryl methyl sites for hydroxylation is 2. The Balaban J connectivity index is 1.53. The predicted octanol–water partition coefficient (Wildman–Crippen LogP) is 1.93. The lowest BCUT2D eigenvalue weighted by molar-refractivity contribution is -0.128. The first-order valence-corrected chi connectivity index (χ1v) is 8.02. The molecule has 6 heteroatoms. The second-order valence-electron chi connectivity index (χ2n) is 6.23. The summed E-state index contributed by atoms with van der Waals surface area (Å²) in [6.07, 6.45) is 2.07. The zero-order valence-corrected chi connectivity index (χ0v) is 13.9. The highest BCUT2D eigenvalue weighted by atomic mass is 16.5. The molecule has 0 N–H and O–H groups in total. The smallest absolute Gasteiger partial charge is 0.341 e. The molecule has 0 unspecified atom stereocenters. The molecule has 1 amide bonds. The number of esters is 1. The third-order valence-corrected chi connectivity index (χ3v) is 4.19. The number of likely N-dealkylation sites (tertiary alicyclic amines) is 1. The quantitative estimate of drug-likeness (QED) is 0.787. The van der Waals surface area contributed by atoms with Crippen molar-refractivity contribution in [2.45, 2.75) is 19.9 Å². The van der Waals surface area contributed by atoms with Gasteiger partial charge in [-0.2, -0.15) is 5.10 Å². The number of rotatable bonds is 5. The Hall–Kier alpha value is -2.63. The molecule has 0 saturated carbocycles. The van der Waals surface area contributed by atoms with Crippen LogP contribution in [0.2, 0.25) is 0 Å². The number of benzene rings is 1. The monoisotopic (exact) mass is 327 g/mol. The lowest BCUT2D eigenvalue weighted by Crippen LogP contribution is -2.25. The van der Waals surface area contributed by atoms with Gasteiger partial charge in [0.15, 0.2) is 0 Å². The summed E-state index contributed by atoms with van der Waals surface area (Å²) in [5.41, 5.74) is 2.23. The summed E-state index contributed by atoms with van der Waals surface area (Å²) in [5, 5.41) is 4.14. The van der Waals surface area contributed by atoms with Crippen LogP contribution in [0.15, 0.2) is 36.5 Å². The maximum absolute atomic E-state index is 12.1. The summed E-state index contributed by atoms with van der Waals surface area (Å²) in [7, 11) is 1.76. The van der Waals surface area contributed by atoms with E-state index in [1.807, 2.05) is 35.2 Å². The van der Waals surface area contributed by atoms with Gasteiger partial charge in [0.2, 0.25) is 5.91 Å². The average Bonchev–Trinajstić information content (AvgIpc) is 3.08. The molecular formula is C18H21N3O3. The minimum absolute atomic E-state index is 0.0436. The molecule has 1 aromatic heterocycles. The van der Waals surface area contributed by atoms with Gasteiger partial charge in [-0.15, -0.1) is 0 Å². The molecule has 24 heavy (non-hydrogen) atoms. The number of carbonyl (C=O) groups excluding carboxylic acids is 2. The molecule has 1 fully saturated rings. The van der Waals surface area contributed by atoms with Gasteiger partial charge in [-0.25, -0.2) is 4.79 Å². The van der Waals surface area contributed by atoms with Gasteiger partial charge in [0.05, 0.1) is 12.3 Å². The van der Waals surface area contributed by atoms with Crippen molar-refractivity contribution in [2.75, 3.05) is 13.2 Å². The summed E-state index contributed by atoms with van der Waals surface area (Å²) in [5.74, 6) is -0.228. The Bertz CT molecular complexity index is 739. The van der Waals surface area contributed by atoms with E-state index >= 15 is 0 Å². The van der Waals surface area contributed by atoms with Crippen molar-refractivity contribution in [1.82, 2.24) is 14.7 Å². The standard InChI is InChI=1S/C18H21N3O3/c1-13-16(11-20(2)19-13)18(23)24-12-15-8-17(22)21(10-15)9-14-6-4-3-5-7-14/h3-7,11,15H,8-10,12H2,1-2H3/t15-/m0/s1. The maximum atomic E-state index is 12.1. The first-order valence-electron chi connectivity index (χ1n) is 8.02. The molecule has 0 spiro atoms. The number of carbonyl (C=O) groups is 2. The van der Waals surface area contributed by atoms with Crippen LogP contribution in [-0.4, -0.2) is 39.7 Å². The van der Waals surface area contributed by atoms with Crippen LogP contribution in [0.1, 0.15) is 28.0 Å². The molecule has 1 atom stereocenters. The van der Waals surface area contributed by atoms with E-state index in [1.54, 1.807) is 24.9 Å². The van der Waals surface area contributed by atoms with Gasteiger partial charge >= 0.3 is 5.97 Å². The first kappa shape index (κ1) is 16.2. The minimum Gasteiger partial charge on any atom is -0.462 e. The molecular weight excluding hydrogens is 306 g/mol. The molecule has 1 aromatic carbocycles. The first-order chi connectivity index (χ1) is 11.5. The molecule has 3 rings (SSSR count). The second-order valence-corrected chi connectivity index (χ2v) is 6.23. The van der Waals surface area contributed by atoms with Crippen LogP contribution in [0.25, 0.3) is 0 Å². The summed E-state index contributed by atoms with van der Waals surface area (Å²) in [6.45, 7) is 3.25. The maximum Gasteiger partial charge on any atom is 0.341 e. The van der Waals surface area contributed by atoms with E-state index in [1.165, 1.54) is 0 Å². The van der Waals surface area contributed by atoms with E-state index in [0.29, 0.717) is 30.8 Å². The van der Waals surface area contributed by atoms with Crippen LogP contribution in [0.3, 0.4) is 0 Å². The second kappa shape index (κ2) is 6.86. The fourth-order valence-corrected chi connectivity index (χ4v) is 2.99. The van der Waals surface area contributed by atoms with E-state index in [9.17, 15) is 9.59 Å². The van der Waals surface area contributed by atoms with E-state index in [0.717, 1.165) is 5.56 Å². The van der Waals surface area contributed by atoms with E-state index < -0.39 is 0 Å². The highest BCUT2D eigenvalue weighted by Gasteiger charge is 2.30. The number of amides is 1. The van der Waals surface area contributed by atoms with E-state index in [-0.39, 0.29) is 24.4 Å². The van der Waals surface area contributed by atoms with Gasteiger partial charge in [-0.1, -0.05) is 30.3 Å². The Kier molecular flexibility index (Phi) is 4.64. The molecule has 6 nitrogen and oxygen atoms in total. The van der Waals surface area contributed by atoms with Gasteiger partial charge < -0.3 is 9.64 Å². The Morgan fingerprint density at radius 2 is 2.08 bits per heavy atom. The van der Waals surface area contributed by atoms with Crippen molar-refractivity contribution < 1.29 is 14.3 Å². The van der Waals surface area contributed by atoms with Gasteiger partial charge in [-0.05, 0) is 12.5 Å². The Labute approximate surface area is 141 Å². The van der Waals surface area contributed by atoms with Crippen molar-refractivity contribution in [3.63, 3.8) is 0 Å². The molecule has 2 heterocycles. The van der Waals surface area contributed by atoms with Gasteiger partial charge in [0, 0.05) is 38.7 Å². The number of nitrogens with zero attached hydrogens (tertiary/aromatic N) is 3. The van der Waals surface area contributed by atoms with Crippen LogP contribution in [0, 0.1) is 12.8 Å². The lowest BCUT2D eigenvalue weighted by Gasteiger charge is -2.16. The average molecular weight is 327 g/mol. The minimum atomic E-state index is -0.380. The molecule has 1 aliphatic rings. The summed E-state index contributed by atoms with van der Waals surface area (Å²) in [6, 6.07) is 9.90. The lowest BCUT2D eigenvalue weighted by atomic mass is 10.1. The normalized spacial score (nSPS) is 17.3. The Morgan fingerprint density at radius 3 is 2.75 bits per heavy atom. The van der Waals surface area contributed by atoms with Crippen LogP contribution in [0.5, 0.6) is 0 Å². The number of ether oxygens (including phenoxy) is 1. The Morgan fingerprint density at radius 1 is 1.33 bits per heavy atom. The zero-order chi connectivity index (χ0) is 17.1. The van der Waals surface area contributed by atoms with Crippen molar-refractivity contribution in [1.29, 1.82) is 0 Å². The molecule has 0 bridgehead atoms. The van der Waals surface area contributed by atoms with Crippen molar-refractivity contribution in [2.24, 2.45) is 13.0 Å². The molecule has 2 aromatic rings. The van der Waals surface area contributed by atoms with Gasteiger partial charge in [-0.3, -0.25) is 9.48 Å². The van der Waals surface area contributed by atoms with E-state index in [2.05, 4.69) is 5.10 Å². The highest BCUT2D eigenvalue weighted by Crippen LogP contribution is 2.21. The van der Waals surface area contributed by atoms with Crippen molar-refractivity contribution in [3.05, 3.63) is 53.3 Å².